The normalized spacial score (nSPS) is 12.8. The molecule has 1 atom stereocenters. The number of non-ortho nitro benzene ring substituents is 1. The molecule has 1 amide bonds. The predicted octanol–water partition coefficient (Wildman–Crippen LogP) is 2.43. The van der Waals surface area contributed by atoms with Crippen LogP contribution in [-0.4, -0.2) is 28.6 Å². The number of amides is 1. The largest absolute Gasteiger partial charge is 0.393 e. The molecule has 1 aromatic rings. The Kier molecular flexibility index (Phi) is 5.43. The summed E-state index contributed by atoms with van der Waals surface area (Å²) in [6.45, 7) is 7.69. The van der Waals surface area contributed by atoms with Crippen LogP contribution in [0.5, 0.6) is 0 Å². The summed E-state index contributed by atoms with van der Waals surface area (Å²) in [6.07, 6.45) is 0.110. The summed E-state index contributed by atoms with van der Waals surface area (Å²) in [7, 11) is 0. The van der Waals surface area contributed by atoms with Gasteiger partial charge in [0.15, 0.2) is 0 Å². The average molecular weight is 294 g/mol. The van der Waals surface area contributed by atoms with Crippen LogP contribution in [-0.2, 0) is 0 Å². The van der Waals surface area contributed by atoms with Gasteiger partial charge in [-0.25, -0.2) is 0 Å². The summed E-state index contributed by atoms with van der Waals surface area (Å²) >= 11 is 0. The minimum absolute atomic E-state index is 0.0941. The molecular formula is C15H22N2O4. The molecule has 6 nitrogen and oxygen atoms in total. The van der Waals surface area contributed by atoms with Crippen molar-refractivity contribution < 1.29 is 14.8 Å². The van der Waals surface area contributed by atoms with Gasteiger partial charge in [-0.3, -0.25) is 14.9 Å². The van der Waals surface area contributed by atoms with E-state index in [9.17, 15) is 20.0 Å². The summed E-state index contributed by atoms with van der Waals surface area (Å²) in [5.41, 5.74) is 0.593. The quantitative estimate of drug-likeness (QED) is 0.622. The van der Waals surface area contributed by atoms with Crippen molar-refractivity contribution in [1.82, 2.24) is 5.32 Å². The number of carbonyl (C=O) groups excluding carboxylic acids is 1. The molecule has 1 unspecified atom stereocenters. The molecule has 0 saturated carbocycles. The van der Waals surface area contributed by atoms with Crippen LogP contribution < -0.4 is 5.32 Å². The molecule has 0 aromatic heterocycles. The molecular weight excluding hydrogens is 272 g/mol. The monoisotopic (exact) mass is 294 g/mol. The van der Waals surface area contributed by atoms with Crippen molar-refractivity contribution in [3.63, 3.8) is 0 Å². The van der Waals surface area contributed by atoms with E-state index in [-0.39, 0.29) is 22.6 Å². The number of hydrogen-bond acceptors (Lipinski definition) is 4. The molecule has 116 valence electrons. The maximum atomic E-state index is 12.1. The first-order valence-electron chi connectivity index (χ1n) is 6.83. The highest BCUT2D eigenvalue weighted by Crippen LogP contribution is 2.22. The smallest absolute Gasteiger partial charge is 0.270 e. The maximum Gasteiger partial charge on any atom is 0.270 e. The number of hydrogen-bond donors (Lipinski definition) is 2. The second kappa shape index (κ2) is 6.67. The van der Waals surface area contributed by atoms with Crippen molar-refractivity contribution in [1.29, 1.82) is 0 Å². The summed E-state index contributed by atoms with van der Waals surface area (Å²) in [5.74, 6) is -0.347. The van der Waals surface area contributed by atoms with Crippen LogP contribution in [0.4, 0.5) is 5.69 Å². The van der Waals surface area contributed by atoms with Crippen molar-refractivity contribution in [3.05, 3.63) is 39.4 Å². The topological polar surface area (TPSA) is 92.5 Å². The molecule has 0 aliphatic heterocycles. The molecule has 21 heavy (non-hydrogen) atoms. The van der Waals surface area contributed by atoms with Crippen LogP contribution in [0.3, 0.4) is 0 Å². The number of nitrogens with one attached hydrogen (secondary N) is 1. The summed E-state index contributed by atoms with van der Waals surface area (Å²) in [4.78, 5) is 22.4. The number of nitro benzene ring substituents is 1. The fraction of sp³-hybridized carbons (Fsp3) is 0.533. The zero-order valence-electron chi connectivity index (χ0n) is 12.8. The van der Waals surface area contributed by atoms with Crippen LogP contribution in [0, 0.1) is 22.5 Å². The van der Waals surface area contributed by atoms with Gasteiger partial charge in [0, 0.05) is 24.2 Å². The molecule has 0 fully saturated rings. The summed E-state index contributed by atoms with van der Waals surface area (Å²) in [5, 5.41) is 23.0. The Labute approximate surface area is 124 Å². The number of nitrogens with zero attached hydrogens (tertiary/aromatic N) is 1. The highest BCUT2D eigenvalue weighted by molar-refractivity contribution is 5.95. The number of aliphatic hydroxyl groups excluding tert-OH is 1. The third-order valence-electron chi connectivity index (χ3n) is 3.11. The third kappa shape index (κ3) is 5.51. The van der Waals surface area contributed by atoms with Crippen LogP contribution in [0.1, 0.15) is 43.1 Å². The van der Waals surface area contributed by atoms with Crippen molar-refractivity contribution in [2.45, 2.75) is 40.2 Å². The lowest BCUT2D eigenvalue weighted by Crippen LogP contribution is -2.35. The lowest BCUT2D eigenvalue weighted by molar-refractivity contribution is -0.384. The zero-order valence-corrected chi connectivity index (χ0v) is 12.8. The van der Waals surface area contributed by atoms with Crippen molar-refractivity contribution in [2.75, 3.05) is 6.54 Å². The molecule has 0 radical (unpaired) electrons. The molecule has 0 aliphatic carbocycles. The first-order chi connectivity index (χ1) is 9.60. The molecule has 0 heterocycles. The van der Waals surface area contributed by atoms with E-state index in [4.69, 9.17) is 0 Å². The van der Waals surface area contributed by atoms with Gasteiger partial charge < -0.3 is 10.4 Å². The number of benzene rings is 1. The third-order valence-corrected chi connectivity index (χ3v) is 3.11. The number of rotatable bonds is 6. The average Bonchev–Trinajstić information content (AvgIpc) is 2.33. The molecule has 0 aliphatic rings. The second-order valence-electron chi connectivity index (χ2n) is 6.21. The van der Waals surface area contributed by atoms with Crippen LogP contribution in [0.2, 0.25) is 0 Å². The minimum atomic E-state index is -0.513. The Hall–Kier alpha value is -1.95. The number of aliphatic hydroxyl groups is 1. The van der Waals surface area contributed by atoms with Gasteiger partial charge in [0.1, 0.15) is 0 Å². The Bertz CT molecular complexity index is 538. The number of aryl methyl sites for hydroxylation is 1. The van der Waals surface area contributed by atoms with Gasteiger partial charge in [0.2, 0.25) is 0 Å². The first kappa shape index (κ1) is 17.1. The molecule has 0 bridgehead atoms. The van der Waals surface area contributed by atoms with E-state index in [1.165, 1.54) is 12.1 Å². The molecule has 0 spiro atoms. The predicted molar refractivity (Wildman–Crippen MR) is 80.2 cm³/mol. The van der Waals surface area contributed by atoms with Crippen LogP contribution in [0.25, 0.3) is 0 Å². The SMILES string of the molecule is Cc1cc(C(=O)NCC(C)(C)CC(C)O)cc([N+](=O)[O-])c1. The van der Waals surface area contributed by atoms with E-state index in [0.29, 0.717) is 18.5 Å². The number of carbonyl (C=O) groups is 1. The van der Waals surface area contributed by atoms with Gasteiger partial charge in [-0.2, -0.15) is 0 Å². The molecule has 6 heteroatoms. The van der Waals surface area contributed by atoms with E-state index in [1.807, 2.05) is 13.8 Å². The summed E-state index contributed by atoms with van der Waals surface area (Å²) < 4.78 is 0. The lowest BCUT2D eigenvalue weighted by Gasteiger charge is -2.26. The van der Waals surface area contributed by atoms with E-state index in [1.54, 1.807) is 19.9 Å². The lowest BCUT2D eigenvalue weighted by atomic mass is 9.87. The van der Waals surface area contributed by atoms with Crippen molar-refractivity contribution >= 4 is 11.6 Å². The molecule has 0 saturated heterocycles. The zero-order chi connectivity index (χ0) is 16.2. The van der Waals surface area contributed by atoms with E-state index >= 15 is 0 Å². The standard InChI is InChI=1S/C15H22N2O4/c1-10-5-12(7-13(6-10)17(20)21)14(19)16-9-15(3,4)8-11(2)18/h5-7,11,18H,8-9H2,1-4H3,(H,16,19). The number of nitro groups is 1. The van der Waals surface area contributed by atoms with Crippen molar-refractivity contribution in [2.24, 2.45) is 5.41 Å². The summed E-state index contributed by atoms with van der Waals surface area (Å²) in [6, 6.07) is 4.31. The highest BCUT2D eigenvalue weighted by atomic mass is 16.6. The van der Waals surface area contributed by atoms with E-state index < -0.39 is 11.0 Å². The van der Waals surface area contributed by atoms with Gasteiger partial charge in [0.25, 0.3) is 11.6 Å². The van der Waals surface area contributed by atoms with Crippen LogP contribution in [0.15, 0.2) is 18.2 Å². The maximum absolute atomic E-state index is 12.1. The van der Waals surface area contributed by atoms with Gasteiger partial charge in [-0.05, 0) is 37.3 Å². The van der Waals surface area contributed by atoms with Gasteiger partial charge in [-0.1, -0.05) is 13.8 Å². The molecule has 2 N–H and O–H groups in total. The van der Waals surface area contributed by atoms with Crippen molar-refractivity contribution in [3.8, 4) is 0 Å². The van der Waals surface area contributed by atoms with E-state index in [2.05, 4.69) is 5.32 Å². The van der Waals surface area contributed by atoms with Gasteiger partial charge >= 0.3 is 0 Å². The molecule has 1 rings (SSSR count). The molecule has 1 aromatic carbocycles. The van der Waals surface area contributed by atoms with Gasteiger partial charge in [0.05, 0.1) is 11.0 Å². The van der Waals surface area contributed by atoms with Crippen LogP contribution >= 0.6 is 0 Å². The second-order valence-corrected chi connectivity index (χ2v) is 6.21. The fourth-order valence-electron chi connectivity index (χ4n) is 2.29. The first-order valence-corrected chi connectivity index (χ1v) is 6.83. The Balaban J connectivity index is 2.79. The fourth-order valence-corrected chi connectivity index (χ4v) is 2.29. The van der Waals surface area contributed by atoms with E-state index in [0.717, 1.165) is 0 Å². The Morgan fingerprint density at radius 3 is 2.57 bits per heavy atom. The Morgan fingerprint density at radius 1 is 1.43 bits per heavy atom. The Morgan fingerprint density at radius 2 is 2.05 bits per heavy atom. The minimum Gasteiger partial charge on any atom is -0.393 e. The highest BCUT2D eigenvalue weighted by Gasteiger charge is 2.22. The van der Waals surface area contributed by atoms with Gasteiger partial charge in [-0.15, -0.1) is 0 Å².